The lowest BCUT2D eigenvalue weighted by molar-refractivity contribution is 0.146. The molecule has 0 aromatic heterocycles. The van der Waals surface area contributed by atoms with E-state index in [2.05, 4.69) is 29.6 Å². The Labute approximate surface area is 110 Å². The second kappa shape index (κ2) is 11.3. The van der Waals surface area contributed by atoms with Gasteiger partial charge in [0.15, 0.2) is 0 Å². The third-order valence-corrected chi connectivity index (χ3v) is 2.53. The standard InChI is InChI=1S/C12H28N4O2/c1-5-18-8-6-7-14-12(16-13)15-11(9-17-4)10(2)3/h10-11H,5-9,13H2,1-4H3,(H2,14,15,16). The van der Waals surface area contributed by atoms with Gasteiger partial charge in [-0.05, 0) is 19.3 Å². The summed E-state index contributed by atoms with van der Waals surface area (Å²) >= 11 is 0. The van der Waals surface area contributed by atoms with Crippen LogP contribution in [0, 0.1) is 5.92 Å². The number of methoxy groups -OCH3 is 1. The quantitative estimate of drug-likeness (QED) is 0.185. The smallest absolute Gasteiger partial charge is 0.206 e. The van der Waals surface area contributed by atoms with E-state index in [-0.39, 0.29) is 6.04 Å². The zero-order valence-electron chi connectivity index (χ0n) is 12.0. The second-order valence-corrected chi connectivity index (χ2v) is 4.38. The van der Waals surface area contributed by atoms with Crippen LogP contribution in [0.5, 0.6) is 0 Å². The van der Waals surface area contributed by atoms with Gasteiger partial charge in [0.25, 0.3) is 0 Å². The fraction of sp³-hybridized carbons (Fsp3) is 0.917. The molecule has 0 fully saturated rings. The normalized spacial score (nSPS) is 13.8. The van der Waals surface area contributed by atoms with Crippen LogP contribution in [0.4, 0.5) is 0 Å². The number of nitrogens with two attached hydrogens (primary N) is 1. The summed E-state index contributed by atoms with van der Waals surface area (Å²) in [6, 6.07) is 0.191. The Kier molecular flexibility index (Phi) is 10.7. The average molecular weight is 260 g/mol. The molecule has 18 heavy (non-hydrogen) atoms. The summed E-state index contributed by atoms with van der Waals surface area (Å²) in [5.41, 5.74) is 2.58. The molecule has 0 spiro atoms. The maximum Gasteiger partial charge on any atom is 0.206 e. The lowest BCUT2D eigenvalue weighted by Gasteiger charge is -2.23. The highest BCUT2D eigenvalue weighted by Crippen LogP contribution is 2.01. The van der Waals surface area contributed by atoms with Crippen molar-refractivity contribution in [2.45, 2.75) is 33.2 Å². The SMILES string of the molecule is CCOCCCN=C(NN)NC(COC)C(C)C. The first-order chi connectivity index (χ1) is 8.65. The van der Waals surface area contributed by atoms with Crippen molar-refractivity contribution in [3.8, 4) is 0 Å². The molecule has 0 heterocycles. The van der Waals surface area contributed by atoms with Crippen molar-refractivity contribution < 1.29 is 9.47 Å². The number of aliphatic imine (C=N–C) groups is 1. The van der Waals surface area contributed by atoms with E-state index in [1.165, 1.54) is 0 Å². The van der Waals surface area contributed by atoms with Crippen molar-refractivity contribution in [2.75, 3.05) is 33.5 Å². The van der Waals surface area contributed by atoms with Gasteiger partial charge in [-0.1, -0.05) is 13.8 Å². The van der Waals surface area contributed by atoms with Gasteiger partial charge < -0.3 is 14.8 Å². The lowest BCUT2D eigenvalue weighted by atomic mass is 10.1. The summed E-state index contributed by atoms with van der Waals surface area (Å²) in [7, 11) is 1.69. The molecule has 0 aliphatic rings. The summed E-state index contributed by atoms with van der Waals surface area (Å²) in [6.45, 7) is 9.01. The molecule has 1 unspecified atom stereocenters. The molecule has 0 aromatic carbocycles. The average Bonchev–Trinajstić information content (AvgIpc) is 2.35. The Morgan fingerprint density at radius 1 is 1.39 bits per heavy atom. The second-order valence-electron chi connectivity index (χ2n) is 4.38. The number of rotatable bonds is 9. The van der Waals surface area contributed by atoms with Crippen molar-refractivity contribution in [1.29, 1.82) is 0 Å². The minimum Gasteiger partial charge on any atom is -0.383 e. The number of ether oxygens (including phenoxy) is 2. The lowest BCUT2D eigenvalue weighted by Crippen LogP contribution is -2.50. The zero-order valence-corrected chi connectivity index (χ0v) is 12.0. The van der Waals surface area contributed by atoms with Gasteiger partial charge >= 0.3 is 0 Å². The summed E-state index contributed by atoms with van der Waals surface area (Å²) in [5, 5.41) is 3.24. The molecule has 0 saturated carbocycles. The third kappa shape index (κ3) is 8.27. The van der Waals surface area contributed by atoms with Crippen LogP contribution in [0.2, 0.25) is 0 Å². The Bertz CT molecular complexity index is 222. The van der Waals surface area contributed by atoms with E-state index in [1.807, 2.05) is 6.92 Å². The molecule has 4 N–H and O–H groups in total. The summed E-state index contributed by atoms with van der Waals surface area (Å²) < 4.78 is 10.4. The van der Waals surface area contributed by atoms with Crippen LogP contribution in [0.25, 0.3) is 0 Å². The fourth-order valence-corrected chi connectivity index (χ4v) is 1.39. The van der Waals surface area contributed by atoms with Gasteiger partial charge in [0, 0.05) is 26.9 Å². The number of nitrogens with zero attached hydrogens (tertiary/aromatic N) is 1. The van der Waals surface area contributed by atoms with E-state index in [1.54, 1.807) is 7.11 Å². The van der Waals surface area contributed by atoms with Crippen molar-refractivity contribution in [3.05, 3.63) is 0 Å². The number of hydrazine groups is 1. The first-order valence-corrected chi connectivity index (χ1v) is 6.49. The predicted molar refractivity (Wildman–Crippen MR) is 74.4 cm³/mol. The van der Waals surface area contributed by atoms with Crippen molar-refractivity contribution >= 4 is 5.96 Å². The van der Waals surface area contributed by atoms with Gasteiger partial charge in [0.05, 0.1) is 12.6 Å². The van der Waals surface area contributed by atoms with Crippen LogP contribution in [0.3, 0.4) is 0 Å². The molecular formula is C12H28N4O2. The highest BCUT2D eigenvalue weighted by molar-refractivity contribution is 5.79. The number of nitrogens with one attached hydrogen (secondary N) is 2. The van der Waals surface area contributed by atoms with Crippen molar-refractivity contribution in [2.24, 2.45) is 16.8 Å². The molecule has 108 valence electrons. The largest absolute Gasteiger partial charge is 0.383 e. The highest BCUT2D eigenvalue weighted by Gasteiger charge is 2.14. The molecule has 0 rings (SSSR count). The van der Waals surface area contributed by atoms with E-state index >= 15 is 0 Å². The van der Waals surface area contributed by atoms with Crippen LogP contribution in [0.1, 0.15) is 27.2 Å². The molecule has 6 nitrogen and oxygen atoms in total. The van der Waals surface area contributed by atoms with Crippen LogP contribution in [-0.4, -0.2) is 45.5 Å². The first kappa shape index (κ1) is 17.2. The summed E-state index contributed by atoms with van der Waals surface area (Å²) in [5.74, 6) is 6.48. The number of guanidine groups is 1. The Morgan fingerprint density at radius 2 is 2.11 bits per heavy atom. The predicted octanol–water partition coefficient (Wildman–Crippen LogP) is 0.493. The van der Waals surface area contributed by atoms with E-state index in [9.17, 15) is 0 Å². The Hall–Kier alpha value is -0.850. The molecule has 0 aliphatic carbocycles. The molecule has 0 bridgehead atoms. The molecule has 1 atom stereocenters. The molecular weight excluding hydrogens is 232 g/mol. The van der Waals surface area contributed by atoms with Crippen molar-refractivity contribution in [3.63, 3.8) is 0 Å². The first-order valence-electron chi connectivity index (χ1n) is 6.49. The van der Waals surface area contributed by atoms with Gasteiger partial charge in [-0.15, -0.1) is 0 Å². The van der Waals surface area contributed by atoms with Gasteiger partial charge in [-0.25, -0.2) is 5.84 Å². The minimum absolute atomic E-state index is 0.191. The van der Waals surface area contributed by atoms with Gasteiger partial charge in [0.2, 0.25) is 5.96 Å². The minimum atomic E-state index is 0.191. The van der Waals surface area contributed by atoms with Gasteiger partial charge in [0.1, 0.15) is 0 Å². The molecule has 0 amide bonds. The van der Waals surface area contributed by atoms with Gasteiger partial charge in [-0.3, -0.25) is 10.4 Å². The highest BCUT2D eigenvalue weighted by atomic mass is 16.5. The maximum atomic E-state index is 5.44. The maximum absolute atomic E-state index is 5.44. The summed E-state index contributed by atoms with van der Waals surface area (Å²) in [6.07, 6.45) is 0.886. The van der Waals surface area contributed by atoms with E-state index in [0.29, 0.717) is 25.0 Å². The van der Waals surface area contributed by atoms with E-state index in [0.717, 1.165) is 19.6 Å². The number of hydrogen-bond acceptors (Lipinski definition) is 4. The summed E-state index contributed by atoms with van der Waals surface area (Å²) in [4.78, 5) is 4.35. The topological polar surface area (TPSA) is 80.9 Å². The van der Waals surface area contributed by atoms with Crippen LogP contribution >= 0.6 is 0 Å². The zero-order chi connectivity index (χ0) is 13.8. The van der Waals surface area contributed by atoms with Crippen molar-refractivity contribution in [1.82, 2.24) is 10.7 Å². The molecule has 0 aromatic rings. The van der Waals surface area contributed by atoms with Crippen LogP contribution in [0.15, 0.2) is 4.99 Å². The third-order valence-electron chi connectivity index (χ3n) is 2.53. The molecule has 0 radical (unpaired) electrons. The molecule has 0 aliphatic heterocycles. The Morgan fingerprint density at radius 3 is 2.61 bits per heavy atom. The van der Waals surface area contributed by atoms with Crippen LogP contribution < -0.4 is 16.6 Å². The Balaban J connectivity index is 4.08. The van der Waals surface area contributed by atoms with E-state index in [4.69, 9.17) is 15.3 Å². The monoisotopic (exact) mass is 260 g/mol. The number of hydrogen-bond donors (Lipinski definition) is 3. The van der Waals surface area contributed by atoms with E-state index < -0.39 is 0 Å². The fourth-order valence-electron chi connectivity index (χ4n) is 1.39. The van der Waals surface area contributed by atoms with Crippen LogP contribution in [-0.2, 0) is 9.47 Å². The molecule has 0 saturated heterocycles. The van der Waals surface area contributed by atoms with Gasteiger partial charge in [-0.2, -0.15) is 0 Å². The molecule has 6 heteroatoms.